The number of carbonyl (C=O) groups excluding carboxylic acids is 1. The maximum Gasteiger partial charge on any atom is 0.344 e. The number of hydrogen-bond donors (Lipinski definition) is 0. The van der Waals surface area contributed by atoms with Crippen molar-refractivity contribution in [2.24, 2.45) is 0 Å². The smallest absolute Gasteiger partial charge is 0.344 e. The quantitative estimate of drug-likeness (QED) is 0.425. The van der Waals surface area contributed by atoms with Crippen molar-refractivity contribution in [2.45, 2.75) is 45.1 Å². The van der Waals surface area contributed by atoms with Crippen LogP contribution in [0.25, 0.3) is 10.8 Å². The van der Waals surface area contributed by atoms with Gasteiger partial charge in [0.05, 0.1) is 6.61 Å². The van der Waals surface area contributed by atoms with Crippen LogP contribution in [0.2, 0.25) is 0 Å². The van der Waals surface area contributed by atoms with Crippen LogP contribution in [0, 0.1) is 0 Å². The van der Waals surface area contributed by atoms with E-state index in [2.05, 4.69) is 66.4 Å². The van der Waals surface area contributed by atoms with Crippen molar-refractivity contribution in [3.63, 3.8) is 0 Å². The van der Waals surface area contributed by atoms with Gasteiger partial charge in [0.2, 0.25) is 0 Å². The fraction of sp³-hybridized carbons (Fsp3) is 0.370. The number of carbonyl (C=O) groups is 1. The molecule has 2 atom stereocenters. The molecule has 4 heteroatoms. The molecule has 1 aliphatic carbocycles. The molecule has 0 N–H and O–H groups in total. The molecule has 1 aliphatic rings. The van der Waals surface area contributed by atoms with Gasteiger partial charge in [-0.2, -0.15) is 0 Å². The van der Waals surface area contributed by atoms with Crippen LogP contribution in [-0.4, -0.2) is 31.8 Å². The summed E-state index contributed by atoms with van der Waals surface area (Å²) in [7, 11) is 0. The van der Waals surface area contributed by atoms with E-state index in [1.165, 1.54) is 28.4 Å². The predicted octanol–water partition coefficient (Wildman–Crippen LogP) is 5.94. The van der Waals surface area contributed by atoms with Crippen molar-refractivity contribution >= 4 is 22.4 Å². The van der Waals surface area contributed by atoms with Gasteiger partial charge in [-0.05, 0) is 68.2 Å². The van der Waals surface area contributed by atoms with Crippen LogP contribution in [0.15, 0.2) is 66.7 Å². The van der Waals surface area contributed by atoms with Crippen LogP contribution in [0.3, 0.4) is 0 Å². The molecule has 162 valence electrons. The first-order valence-corrected chi connectivity index (χ1v) is 11.3. The van der Waals surface area contributed by atoms with Gasteiger partial charge in [-0.25, -0.2) is 4.79 Å². The zero-order valence-electron chi connectivity index (χ0n) is 18.4. The summed E-state index contributed by atoms with van der Waals surface area (Å²) in [4.78, 5) is 14.2. The molecule has 0 spiro atoms. The first-order chi connectivity index (χ1) is 15.2. The fourth-order valence-corrected chi connectivity index (χ4v) is 4.83. The van der Waals surface area contributed by atoms with Crippen LogP contribution < -0.4 is 9.64 Å². The summed E-state index contributed by atoms with van der Waals surface area (Å²) in [6.45, 7) is 5.37. The molecule has 1 saturated carbocycles. The Morgan fingerprint density at radius 3 is 2.65 bits per heavy atom. The van der Waals surface area contributed by atoms with Crippen LogP contribution >= 0.6 is 0 Å². The average Bonchev–Trinajstić information content (AvgIpc) is 3.29. The predicted molar refractivity (Wildman–Crippen MR) is 126 cm³/mol. The lowest BCUT2D eigenvalue weighted by atomic mass is 9.97. The molecule has 0 saturated heterocycles. The minimum atomic E-state index is -0.331. The minimum Gasteiger partial charge on any atom is -0.482 e. The number of esters is 1. The molecule has 0 radical (unpaired) electrons. The van der Waals surface area contributed by atoms with Crippen LogP contribution in [0.1, 0.15) is 44.6 Å². The maximum absolute atomic E-state index is 11.6. The second-order valence-corrected chi connectivity index (χ2v) is 8.11. The Morgan fingerprint density at radius 1 is 1.00 bits per heavy atom. The maximum atomic E-state index is 11.6. The second-order valence-electron chi connectivity index (χ2n) is 8.11. The summed E-state index contributed by atoms with van der Waals surface area (Å²) in [5.41, 5.74) is 2.62. The Bertz CT molecular complexity index is 1030. The molecule has 0 heterocycles. The fourth-order valence-electron chi connectivity index (χ4n) is 4.83. The molecular weight excluding hydrogens is 386 g/mol. The summed E-state index contributed by atoms with van der Waals surface area (Å²) < 4.78 is 10.6. The van der Waals surface area contributed by atoms with E-state index in [-0.39, 0.29) is 12.6 Å². The number of ether oxygens (including phenoxy) is 2. The highest BCUT2D eigenvalue weighted by Crippen LogP contribution is 2.40. The van der Waals surface area contributed by atoms with Crippen molar-refractivity contribution in [3.8, 4) is 5.75 Å². The highest BCUT2D eigenvalue weighted by atomic mass is 16.6. The molecular formula is C27H31NO3. The monoisotopic (exact) mass is 417 g/mol. The van der Waals surface area contributed by atoms with Crippen LogP contribution in [-0.2, 0) is 9.53 Å². The second kappa shape index (κ2) is 9.86. The first kappa shape index (κ1) is 21.2. The van der Waals surface area contributed by atoms with Crippen molar-refractivity contribution < 1.29 is 14.3 Å². The summed E-state index contributed by atoms with van der Waals surface area (Å²) >= 11 is 0. The zero-order chi connectivity index (χ0) is 21.6. The highest BCUT2D eigenvalue weighted by molar-refractivity contribution is 5.94. The van der Waals surface area contributed by atoms with E-state index < -0.39 is 0 Å². The number of nitrogens with zero attached hydrogens (tertiary/aromatic N) is 1. The van der Waals surface area contributed by atoms with E-state index in [4.69, 9.17) is 9.47 Å². The van der Waals surface area contributed by atoms with Gasteiger partial charge < -0.3 is 14.4 Å². The van der Waals surface area contributed by atoms with Crippen LogP contribution in [0.4, 0.5) is 5.69 Å². The zero-order valence-corrected chi connectivity index (χ0v) is 18.4. The van der Waals surface area contributed by atoms with E-state index >= 15 is 0 Å². The Kier molecular flexibility index (Phi) is 6.76. The summed E-state index contributed by atoms with van der Waals surface area (Å²) in [5.74, 6) is 0.901. The molecule has 0 aromatic heterocycles. The van der Waals surface area contributed by atoms with Crippen molar-refractivity contribution in [3.05, 3.63) is 72.3 Å². The van der Waals surface area contributed by atoms with E-state index in [9.17, 15) is 4.79 Å². The van der Waals surface area contributed by atoms with Gasteiger partial charge in [-0.3, -0.25) is 0 Å². The lowest BCUT2D eigenvalue weighted by Gasteiger charge is -2.31. The molecule has 2 unspecified atom stereocenters. The van der Waals surface area contributed by atoms with E-state index in [0.717, 1.165) is 25.1 Å². The average molecular weight is 418 g/mol. The molecule has 3 aromatic carbocycles. The first-order valence-electron chi connectivity index (χ1n) is 11.3. The topological polar surface area (TPSA) is 38.8 Å². The molecule has 3 aromatic rings. The molecule has 1 fully saturated rings. The Hall–Kier alpha value is -3.01. The van der Waals surface area contributed by atoms with Gasteiger partial charge in [-0.15, -0.1) is 0 Å². The van der Waals surface area contributed by atoms with Gasteiger partial charge in [-0.1, -0.05) is 48.5 Å². The lowest BCUT2D eigenvalue weighted by Crippen LogP contribution is -2.33. The van der Waals surface area contributed by atoms with Crippen LogP contribution in [0.5, 0.6) is 5.75 Å². The number of fused-ring (bicyclic) bond motifs is 1. The third kappa shape index (κ3) is 4.84. The SMILES string of the molecule is CCOC(=O)COc1cccc(C2CCC(N(CC)c3cccc4ccccc34)C2)c1. The molecule has 31 heavy (non-hydrogen) atoms. The highest BCUT2D eigenvalue weighted by Gasteiger charge is 2.30. The van der Waals surface area contributed by atoms with E-state index in [0.29, 0.717) is 18.6 Å². The summed E-state index contributed by atoms with van der Waals surface area (Å²) in [6.07, 6.45) is 3.46. The summed E-state index contributed by atoms with van der Waals surface area (Å²) in [6, 6.07) is 23.9. The number of rotatable bonds is 8. The van der Waals surface area contributed by atoms with Crippen molar-refractivity contribution in [2.75, 3.05) is 24.7 Å². The normalized spacial score (nSPS) is 18.1. The van der Waals surface area contributed by atoms with Gasteiger partial charge in [0.1, 0.15) is 5.75 Å². The Morgan fingerprint density at radius 2 is 1.81 bits per heavy atom. The Labute approximate surface area is 184 Å². The number of hydrogen-bond acceptors (Lipinski definition) is 4. The van der Waals surface area contributed by atoms with Crippen molar-refractivity contribution in [1.82, 2.24) is 0 Å². The van der Waals surface area contributed by atoms with Gasteiger partial charge in [0.25, 0.3) is 0 Å². The molecule has 0 bridgehead atoms. The van der Waals surface area contributed by atoms with Crippen molar-refractivity contribution in [1.29, 1.82) is 0 Å². The van der Waals surface area contributed by atoms with E-state index in [1.54, 1.807) is 6.92 Å². The minimum absolute atomic E-state index is 0.0464. The van der Waals surface area contributed by atoms with Gasteiger partial charge in [0.15, 0.2) is 6.61 Å². The number of anilines is 1. The summed E-state index contributed by atoms with van der Waals surface area (Å²) in [5, 5.41) is 2.61. The molecule has 0 aliphatic heterocycles. The van der Waals surface area contributed by atoms with E-state index in [1.807, 2.05) is 12.1 Å². The molecule has 4 rings (SSSR count). The standard InChI is InChI=1S/C27H31NO3/c1-3-28(26-14-8-10-20-9-5-6-13-25(20)26)23-16-15-22(17-23)21-11-7-12-24(18-21)31-19-27(29)30-4-2/h5-14,18,22-23H,3-4,15-17,19H2,1-2H3. The molecule has 4 nitrogen and oxygen atoms in total. The van der Waals surface area contributed by atoms with Gasteiger partial charge >= 0.3 is 5.97 Å². The third-order valence-electron chi connectivity index (χ3n) is 6.25. The molecule has 0 amide bonds. The Balaban J connectivity index is 1.47. The third-order valence-corrected chi connectivity index (χ3v) is 6.25. The van der Waals surface area contributed by atoms with Gasteiger partial charge in [0, 0.05) is 23.7 Å². The number of benzene rings is 3. The lowest BCUT2D eigenvalue weighted by molar-refractivity contribution is -0.145. The largest absolute Gasteiger partial charge is 0.482 e.